The van der Waals surface area contributed by atoms with Gasteiger partial charge in [0.2, 0.25) is 0 Å². The first-order valence-electron chi connectivity index (χ1n) is 7.82. The van der Waals surface area contributed by atoms with Crippen LogP contribution < -0.4 is 10.1 Å². The summed E-state index contributed by atoms with van der Waals surface area (Å²) in [5.74, 6) is 0.00352. The Bertz CT molecular complexity index is 1010. The van der Waals surface area contributed by atoms with E-state index in [0.717, 1.165) is 12.1 Å². The molecule has 0 spiro atoms. The van der Waals surface area contributed by atoms with E-state index in [2.05, 4.69) is 20.3 Å². The third kappa shape index (κ3) is 4.95. The molecule has 3 aromatic rings. The first-order valence-corrected chi connectivity index (χ1v) is 8.20. The zero-order valence-electron chi connectivity index (χ0n) is 14.3. The van der Waals surface area contributed by atoms with Crippen molar-refractivity contribution in [3.63, 3.8) is 0 Å². The van der Waals surface area contributed by atoms with E-state index in [1.54, 1.807) is 19.1 Å². The molecule has 1 N–H and O–H groups in total. The lowest BCUT2D eigenvalue weighted by atomic mass is 10.2. The molecule has 0 fully saturated rings. The molecule has 144 valence electrons. The molecule has 0 unspecified atom stereocenters. The van der Waals surface area contributed by atoms with Crippen molar-refractivity contribution in [2.45, 2.75) is 13.1 Å². The molecule has 0 bridgehead atoms. The standard InChI is InChI=1S/C18H12ClF3N4O2/c1-10-4-13(28-14-5-12(19)8-23-9-14)6-15(25-10)17(27)26-16-3-2-11(7-24-16)18(20,21)22/h2-9H,1H3,(H,24,26,27). The minimum atomic E-state index is -4.50. The molecule has 0 saturated carbocycles. The number of ether oxygens (including phenoxy) is 1. The lowest BCUT2D eigenvalue weighted by molar-refractivity contribution is -0.137. The van der Waals surface area contributed by atoms with Crippen LogP contribution in [-0.4, -0.2) is 20.9 Å². The van der Waals surface area contributed by atoms with E-state index in [-0.39, 0.29) is 11.5 Å². The Morgan fingerprint density at radius 1 is 1.11 bits per heavy atom. The van der Waals surface area contributed by atoms with Gasteiger partial charge >= 0.3 is 6.18 Å². The van der Waals surface area contributed by atoms with Crippen LogP contribution in [0.25, 0.3) is 0 Å². The topological polar surface area (TPSA) is 77.0 Å². The summed E-state index contributed by atoms with van der Waals surface area (Å²) in [7, 11) is 0. The summed E-state index contributed by atoms with van der Waals surface area (Å²) >= 11 is 5.86. The van der Waals surface area contributed by atoms with Crippen LogP contribution in [0.3, 0.4) is 0 Å². The molecule has 3 aromatic heterocycles. The molecule has 3 heterocycles. The monoisotopic (exact) mass is 408 g/mol. The normalized spacial score (nSPS) is 11.2. The number of aryl methyl sites for hydroxylation is 1. The Morgan fingerprint density at radius 3 is 2.54 bits per heavy atom. The molecular formula is C18H12ClF3N4O2. The predicted molar refractivity (Wildman–Crippen MR) is 95.5 cm³/mol. The number of carbonyl (C=O) groups excluding carboxylic acids is 1. The summed E-state index contributed by atoms with van der Waals surface area (Å²) in [5, 5.41) is 2.78. The smallest absolute Gasteiger partial charge is 0.417 e. The zero-order chi connectivity index (χ0) is 20.3. The van der Waals surface area contributed by atoms with Crippen LogP contribution in [0.5, 0.6) is 11.5 Å². The minimum Gasteiger partial charge on any atom is -0.456 e. The number of aromatic nitrogens is 3. The fourth-order valence-corrected chi connectivity index (χ4v) is 2.38. The van der Waals surface area contributed by atoms with Crippen LogP contribution in [0.4, 0.5) is 19.0 Å². The summed E-state index contributed by atoms with van der Waals surface area (Å²) < 4.78 is 43.4. The SMILES string of the molecule is Cc1cc(Oc2cncc(Cl)c2)cc(C(=O)Nc2ccc(C(F)(F)F)cn2)n1. The first kappa shape index (κ1) is 19.6. The number of rotatable bonds is 4. The van der Waals surface area contributed by atoms with Crippen molar-refractivity contribution in [3.8, 4) is 11.5 Å². The summed E-state index contributed by atoms with van der Waals surface area (Å²) in [6.45, 7) is 1.66. The van der Waals surface area contributed by atoms with E-state index in [4.69, 9.17) is 16.3 Å². The van der Waals surface area contributed by atoms with Crippen LogP contribution in [0.2, 0.25) is 5.02 Å². The van der Waals surface area contributed by atoms with Crippen LogP contribution in [-0.2, 0) is 6.18 Å². The van der Waals surface area contributed by atoms with Crippen LogP contribution in [0.1, 0.15) is 21.7 Å². The summed E-state index contributed by atoms with van der Waals surface area (Å²) in [4.78, 5) is 24.0. The average molecular weight is 409 g/mol. The highest BCUT2D eigenvalue weighted by molar-refractivity contribution is 6.30. The van der Waals surface area contributed by atoms with Gasteiger partial charge in [-0.1, -0.05) is 11.6 Å². The Hall–Kier alpha value is -3.20. The summed E-state index contributed by atoms with van der Waals surface area (Å²) in [6.07, 6.45) is -0.968. The highest BCUT2D eigenvalue weighted by Crippen LogP contribution is 2.29. The largest absolute Gasteiger partial charge is 0.456 e. The van der Waals surface area contributed by atoms with E-state index >= 15 is 0 Å². The second-order valence-corrected chi connectivity index (χ2v) is 6.09. The number of pyridine rings is 3. The maximum absolute atomic E-state index is 12.6. The van der Waals surface area contributed by atoms with Crippen molar-refractivity contribution in [3.05, 3.63) is 70.9 Å². The van der Waals surface area contributed by atoms with E-state index in [0.29, 0.717) is 28.4 Å². The summed E-state index contributed by atoms with van der Waals surface area (Å²) in [6, 6.07) is 6.43. The van der Waals surface area contributed by atoms with Gasteiger partial charge in [-0.2, -0.15) is 13.2 Å². The van der Waals surface area contributed by atoms with Crippen molar-refractivity contribution in [2.75, 3.05) is 5.32 Å². The molecule has 6 nitrogen and oxygen atoms in total. The maximum atomic E-state index is 12.6. The number of carbonyl (C=O) groups is 1. The van der Waals surface area contributed by atoms with Crippen LogP contribution in [0, 0.1) is 6.92 Å². The van der Waals surface area contributed by atoms with E-state index in [1.165, 1.54) is 18.5 Å². The summed E-state index contributed by atoms with van der Waals surface area (Å²) in [5.41, 5.74) is -0.408. The van der Waals surface area contributed by atoms with Gasteiger partial charge in [-0.05, 0) is 19.1 Å². The molecule has 1 amide bonds. The minimum absolute atomic E-state index is 0.00619. The van der Waals surface area contributed by atoms with Gasteiger partial charge in [0.1, 0.15) is 23.0 Å². The second kappa shape index (κ2) is 7.81. The van der Waals surface area contributed by atoms with Crippen molar-refractivity contribution in [1.29, 1.82) is 0 Å². The molecule has 28 heavy (non-hydrogen) atoms. The molecule has 0 aliphatic rings. The van der Waals surface area contributed by atoms with Crippen molar-refractivity contribution in [1.82, 2.24) is 15.0 Å². The number of anilines is 1. The van der Waals surface area contributed by atoms with Gasteiger partial charge in [0.25, 0.3) is 5.91 Å². The fraction of sp³-hybridized carbons (Fsp3) is 0.111. The highest BCUT2D eigenvalue weighted by atomic mass is 35.5. The highest BCUT2D eigenvalue weighted by Gasteiger charge is 2.30. The first-order chi connectivity index (χ1) is 13.2. The Balaban J connectivity index is 1.77. The van der Waals surface area contributed by atoms with E-state index in [9.17, 15) is 18.0 Å². The van der Waals surface area contributed by atoms with E-state index < -0.39 is 17.6 Å². The van der Waals surface area contributed by atoms with Gasteiger partial charge in [-0.25, -0.2) is 9.97 Å². The second-order valence-electron chi connectivity index (χ2n) is 5.65. The fourth-order valence-electron chi connectivity index (χ4n) is 2.21. The maximum Gasteiger partial charge on any atom is 0.417 e. The number of alkyl halides is 3. The predicted octanol–water partition coefficient (Wildman–Crippen LogP) is 4.90. The molecule has 0 aromatic carbocycles. The van der Waals surface area contributed by atoms with Gasteiger partial charge in [-0.15, -0.1) is 0 Å². The molecule has 0 aliphatic carbocycles. The molecule has 0 radical (unpaired) electrons. The zero-order valence-corrected chi connectivity index (χ0v) is 15.0. The Kier molecular flexibility index (Phi) is 5.46. The average Bonchev–Trinajstić information content (AvgIpc) is 2.61. The third-order valence-electron chi connectivity index (χ3n) is 3.41. The van der Waals surface area contributed by atoms with Gasteiger partial charge in [0.15, 0.2) is 0 Å². The molecule has 0 atom stereocenters. The van der Waals surface area contributed by atoms with Gasteiger partial charge in [0.05, 0.1) is 16.8 Å². The number of nitrogens with one attached hydrogen (secondary N) is 1. The molecule has 10 heteroatoms. The van der Waals surface area contributed by atoms with Gasteiger partial charge < -0.3 is 10.1 Å². The Labute approximate surface area is 162 Å². The molecule has 0 aliphatic heterocycles. The number of nitrogens with zero attached hydrogens (tertiary/aromatic N) is 3. The number of halogens is 4. The van der Waals surface area contributed by atoms with Gasteiger partial charge in [-0.3, -0.25) is 9.78 Å². The molecular weight excluding hydrogens is 397 g/mol. The third-order valence-corrected chi connectivity index (χ3v) is 3.61. The number of amides is 1. The van der Waals surface area contributed by atoms with Crippen molar-refractivity contribution in [2.24, 2.45) is 0 Å². The van der Waals surface area contributed by atoms with E-state index in [1.807, 2.05) is 0 Å². The van der Waals surface area contributed by atoms with Crippen LogP contribution >= 0.6 is 11.6 Å². The molecule has 3 rings (SSSR count). The lowest BCUT2D eigenvalue weighted by Crippen LogP contribution is -2.15. The molecule has 0 saturated heterocycles. The van der Waals surface area contributed by atoms with Crippen molar-refractivity contribution < 1.29 is 22.7 Å². The van der Waals surface area contributed by atoms with Crippen LogP contribution in [0.15, 0.2) is 48.9 Å². The number of hydrogen-bond acceptors (Lipinski definition) is 5. The quantitative estimate of drug-likeness (QED) is 0.664. The number of hydrogen-bond donors (Lipinski definition) is 1. The van der Waals surface area contributed by atoms with Crippen molar-refractivity contribution >= 4 is 23.3 Å². The lowest BCUT2D eigenvalue weighted by Gasteiger charge is -2.10. The van der Waals surface area contributed by atoms with Gasteiger partial charge in [0, 0.05) is 36.3 Å². The Morgan fingerprint density at radius 2 is 1.89 bits per heavy atom.